The predicted octanol–water partition coefficient (Wildman–Crippen LogP) is 2.30. The maximum atomic E-state index is 12.9. The minimum atomic E-state index is -5.95. The number of hydrogen-bond donors (Lipinski definition) is 1. The van der Waals surface area contributed by atoms with Gasteiger partial charge in [-0.15, -0.1) is 0 Å². The predicted molar refractivity (Wildman–Crippen MR) is 94.7 cm³/mol. The number of benzene rings is 1. The molecule has 7 nitrogen and oxygen atoms in total. The lowest BCUT2D eigenvalue weighted by molar-refractivity contribution is -0.152. The Labute approximate surface area is 163 Å². The highest BCUT2D eigenvalue weighted by Gasteiger charge is 2.39. The average molecular weight is 589 g/mol. The fourth-order valence-electron chi connectivity index (χ4n) is 1.30. The zero-order valence-corrected chi connectivity index (χ0v) is 16.7. The van der Waals surface area contributed by atoms with Crippen molar-refractivity contribution in [1.82, 2.24) is 0 Å². The summed E-state index contributed by atoms with van der Waals surface area (Å²) in [6.45, 7) is 0.770. The lowest BCUT2D eigenvalue weighted by atomic mass is 10.2. The van der Waals surface area contributed by atoms with E-state index in [4.69, 9.17) is 4.74 Å². The summed E-state index contributed by atoms with van der Waals surface area (Å²) in [5.41, 5.74) is 0.602. The van der Waals surface area contributed by atoms with E-state index < -0.39 is 34.6 Å². The van der Waals surface area contributed by atoms with Gasteiger partial charge in [0, 0.05) is 0 Å². The Morgan fingerprint density at radius 3 is 2.54 bits per heavy atom. The van der Waals surface area contributed by atoms with Gasteiger partial charge in [-0.1, -0.05) is 12.7 Å². The molecule has 0 atom stereocenters. The van der Waals surface area contributed by atoms with Crippen LogP contribution in [0.1, 0.15) is 5.56 Å². The van der Waals surface area contributed by atoms with Crippen molar-refractivity contribution in [3.63, 3.8) is 0 Å². The third-order valence-corrected chi connectivity index (χ3v) is 5.28. The topological polar surface area (TPSA) is 113 Å². The first kappa shape index (κ1) is 21.3. The summed E-state index contributed by atoms with van der Waals surface area (Å²) in [5, 5.41) is 5.17. The van der Waals surface area contributed by atoms with Crippen molar-refractivity contribution >= 4 is 67.3 Å². The standard InChI is InChI=1S/C12H10F2I2O7S/c1-2-6-3-7(15)10(18)11(9(6)16)22-4-8(17)23-5-12(13,14)24(19,20)21/h2-3,18H,1,4-5H2,(H,19,20,21)/p-1. The number of hydrogen-bond acceptors (Lipinski definition) is 7. The van der Waals surface area contributed by atoms with E-state index in [-0.39, 0.29) is 11.5 Å². The van der Waals surface area contributed by atoms with Crippen LogP contribution < -0.4 is 4.74 Å². The number of esters is 1. The van der Waals surface area contributed by atoms with Gasteiger partial charge < -0.3 is 19.1 Å². The lowest BCUT2D eigenvalue weighted by Gasteiger charge is -2.19. The van der Waals surface area contributed by atoms with Crippen LogP contribution >= 0.6 is 45.2 Å². The van der Waals surface area contributed by atoms with Crippen molar-refractivity contribution in [3.8, 4) is 11.5 Å². The second-order valence-electron chi connectivity index (χ2n) is 4.18. The van der Waals surface area contributed by atoms with E-state index in [9.17, 15) is 31.7 Å². The quantitative estimate of drug-likeness (QED) is 0.295. The number of rotatable bonds is 7. The monoisotopic (exact) mass is 589 g/mol. The molecule has 1 aromatic rings. The lowest BCUT2D eigenvalue weighted by Crippen LogP contribution is -2.35. The maximum absolute atomic E-state index is 12.9. The molecule has 0 aliphatic rings. The molecular weight excluding hydrogens is 580 g/mol. The van der Waals surface area contributed by atoms with E-state index in [1.165, 1.54) is 6.08 Å². The summed E-state index contributed by atoms with van der Waals surface area (Å²) in [4.78, 5) is 11.4. The molecule has 1 rings (SSSR count). The first-order valence-electron chi connectivity index (χ1n) is 5.85. The Kier molecular flexibility index (Phi) is 7.18. The Morgan fingerprint density at radius 1 is 1.46 bits per heavy atom. The number of carbonyl (C=O) groups is 1. The molecule has 1 N–H and O–H groups in total. The summed E-state index contributed by atoms with van der Waals surface area (Å²) in [6.07, 6.45) is 1.48. The van der Waals surface area contributed by atoms with E-state index in [1.807, 2.05) is 45.2 Å². The van der Waals surface area contributed by atoms with Crippen LogP contribution in [-0.4, -0.2) is 42.5 Å². The van der Waals surface area contributed by atoms with Gasteiger partial charge >= 0.3 is 11.2 Å². The van der Waals surface area contributed by atoms with Gasteiger partial charge in [0.2, 0.25) is 0 Å². The minimum absolute atomic E-state index is 0.0856. The molecule has 0 bridgehead atoms. The van der Waals surface area contributed by atoms with Gasteiger partial charge in [-0.05, 0) is 56.8 Å². The van der Waals surface area contributed by atoms with Crippen LogP contribution in [0.2, 0.25) is 0 Å². The second kappa shape index (κ2) is 8.09. The van der Waals surface area contributed by atoms with Crippen LogP contribution in [0.5, 0.6) is 11.5 Å². The Morgan fingerprint density at radius 2 is 2.04 bits per heavy atom. The summed E-state index contributed by atoms with van der Waals surface area (Å²) in [5.74, 6) is -1.70. The van der Waals surface area contributed by atoms with Gasteiger partial charge in [0.05, 0.1) is 7.14 Å². The smallest absolute Gasteiger partial charge is 0.367 e. The molecule has 0 aliphatic carbocycles. The Balaban J connectivity index is 2.79. The van der Waals surface area contributed by atoms with Crippen molar-refractivity contribution in [2.24, 2.45) is 0 Å². The van der Waals surface area contributed by atoms with Crippen molar-refractivity contribution in [2.75, 3.05) is 13.2 Å². The van der Waals surface area contributed by atoms with Gasteiger partial charge in [-0.3, -0.25) is 0 Å². The molecule has 0 fully saturated rings. The molecule has 0 saturated heterocycles. The molecule has 0 unspecified atom stereocenters. The third kappa shape index (κ3) is 5.13. The summed E-state index contributed by atoms with van der Waals surface area (Å²) >= 11 is 3.63. The molecular formula is C12H9F2I2O7S-. The Hall–Kier alpha value is -0.740. The first-order chi connectivity index (χ1) is 10.9. The number of phenols is 1. The SMILES string of the molecule is C=Cc1cc(I)c(O)c(OCC(=O)OCC(F)(F)S(=O)(=O)[O-])c1I. The summed E-state index contributed by atoms with van der Waals surface area (Å²) in [6, 6.07) is 1.61. The maximum Gasteiger partial charge on any atom is 0.367 e. The van der Waals surface area contributed by atoms with Crippen molar-refractivity contribution < 1.29 is 41.1 Å². The number of phenolic OH excluding ortho intramolecular Hbond substituents is 1. The largest absolute Gasteiger partial charge is 0.743 e. The van der Waals surface area contributed by atoms with E-state index in [1.54, 1.807) is 6.07 Å². The fourth-order valence-corrected chi connectivity index (χ4v) is 2.87. The molecule has 0 aliphatic heterocycles. The van der Waals surface area contributed by atoms with Crippen molar-refractivity contribution in [1.29, 1.82) is 0 Å². The van der Waals surface area contributed by atoms with Gasteiger partial charge in [-0.2, -0.15) is 8.78 Å². The van der Waals surface area contributed by atoms with Crippen molar-refractivity contribution in [3.05, 3.63) is 25.3 Å². The van der Waals surface area contributed by atoms with Gasteiger partial charge in [0.15, 0.2) is 34.8 Å². The van der Waals surface area contributed by atoms with Crippen molar-refractivity contribution in [2.45, 2.75) is 5.25 Å². The molecule has 1 aromatic carbocycles. The number of ether oxygens (including phenoxy) is 2. The molecule has 0 aromatic heterocycles. The van der Waals surface area contributed by atoms with Crippen LogP contribution in [0.3, 0.4) is 0 Å². The molecule has 0 saturated carbocycles. The number of halogens is 4. The number of carbonyl (C=O) groups excluding carboxylic acids is 1. The van der Waals surface area contributed by atoms with Gasteiger partial charge in [0.25, 0.3) is 0 Å². The molecule has 0 spiro atoms. The van der Waals surface area contributed by atoms with E-state index in [2.05, 4.69) is 11.3 Å². The van der Waals surface area contributed by atoms with Crippen LogP contribution in [0.15, 0.2) is 12.6 Å². The normalized spacial score (nSPS) is 11.9. The second-order valence-corrected chi connectivity index (χ2v) is 7.93. The summed E-state index contributed by atoms with van der Waals surface area (Å²) < 4.78 is 66.4. The summed E-state index contributed by atoms with van der Waals surface area (Å²) in [7, 11) is -5.95. The fraction of sp³-hybridized carbons (Fsp3) is 0.250. The highest BCUT2D eigenvalue weighted by Crippen LogP contribution is 2.38. The molecule has 0 radical (unpaired) electrons. The van der Waals surface area contributed by atoms with Crippen LogP contribution in [-0.2, 0) is 19.6 Å². The molecule has 0 heterocycles. The third-order valence-electron chi connectivity index (χ3n) is 2.50. The van der Waals surface area contributed by atoms with Gasteiger partial charge in [-0.25, -0.2) is 13.2 Å². The van der Waals surface area contributed by atoms with E-state index in [0.29, 0.717) is 12.7 Å². The van der Waals surface area contributed by atoms with E-state index >= 15 is 0 Å². The number of aromatic hydroxyl groups is 1. The zero-order valence-electron chi connectivity index (χ0n) is 11.6. The van der Waals surface area contributed by atoms with Crippen LogP contribution in [0.4, 0.5) is 8.78 Å². The molecule has 24 heavy (non-hydrogen) atoms. The average Bonchev–Trinajstić information content (AvgIpc) is 2.47. The van der Waals surface area contributed by atoms with Crippen LogP contribution in [0, 0.1) is 7.14 Å². The molecule has 12 heteroatoms. The Bertz CT molecular complexity index is 765. The zero-order chi connectivity index (χ0) is 18.7. The van der Waals surface area contributed by atoms with Crippen LogP contribution in [0.25, 0.3) is 6.08 Å². The molecule has 134 valence electrons. The highest BCUT2D eigenvalue weighted by molar-refractivity contribution is 14.1. The minimum Gasteiger partial charge on any atom is -0.743 e. The highest BCUT2D eigenvalue weighted by atomic mass is 127. The molecule has 0 amide bonds. The van der Waals surface area contributed by atoms with E-state index in [0.717, 1.165) is 0 Å². The number of alkyl halides is 2. The van der Waals surface area contributed by atoms with Gasteiger partial charge in [0.1, 0.15) is 0 Å². The first-order valence-corrected chi connectivity index (χ1v) is 9.42.